The first kappa shape index (κ1) is 20.4. The van der Waals surface area contributed by atoms with Crippen LogP contribution in [-0.4, -0.2) is 40.8 Å². The molecule has 5 rings (SSSR count). The molecular weight excluding hydrogens is 423 g/mol. The Kier molecular flexibility index (Phi) is 4.90. The van der Waals surface area contributed by atoms with Crippen molar-refractivity contribution in [2.24, 2.45) is 4.99 Å². The number of H-pyrrole nitrogens is 1. The molecule has 1 aromatic heterocycles. The van der Waals surface area contributed by atoms with Gasteiger partial charge in [0.1, 0.15) is 17.3 Å². The summed E-state index contributed by atoms with van der Waals surface area (Å²) >= 11 is 0. The van der Waals surface area contributed by atoms with Gasteiger partial charge in [-0.25, -0.2) is 9.38 Å². The molecule has 3 aromatic carbocycles. The molecule has 2 amide bonds. The fourth-order valence-corrected chi connectivity index (χ4v) is 3.95. The van der Waals surface area contributed by atoms with E-state index in [0.29, 0.717) is 22.2 Å². The van der Waals surface area contributed by atoms with E-state index in [1.807, 2.05) is 0 Å². The summed E-state index contributed by atoms with van der Waals surface area (Å²) in [6.07, 6.45) is -1.29. The second kappa shape index (κ2) is 7.90. The van der Waals surface area contributed by atoms with Crippen molar-refractivity contribution in [3.8, 4) is 5.75 Å². The van der Waals surface area contributed by atoms with Gasteiger partial charge in [0.05, 0.1) is 11.4 Å². The van der Waals surface area contributed by atoms with E-state index < -0.39 is 23.8 Å². The number of fused-ring (bicyclic) bond motifs is 2. The Morgan fingerprint density at radius 1 is 1.06 bits per heavy atom. The van der Waals surface area contributed by atoms with Gasteiger partial charge < -0.3 is 20.3 Å². The van der Waals surface area contributed by atoms with Gasteiger partial charge in [-0.2, -0.15) is 0 Å². The quantitative estimate of drug-likeness (QED) is 0.452. The number of amides is 2. The zero-order chi connectivity index (χ0) is 23.1. The highest BCUT2D eigenvalue weighted by atomic mass is 19.1. The third-order valence-corrected chi connectivity index (χ3v) is 5.63. The Hall–Kier alpha value is -4.46. The summed E-state index contributed by atoms with van der Waals surface area (Å²) < 4.78 is 14.7. The van der Waals surface area contributed by atoms with Crippen molar-refractivity contribution in [2.45, 2.75) is 6.17 Å². The van der Waals surface area contributed by atoms with Gasteiger partial charge >= 0.3 is 0 Å². The number of hydrogen-bond acceptors (Lipinski definition) is 4. The Balaban J connectivity index is 1.58. The van der Waals surface area contributed by atoms with Gasteiger partial charge in [-0.15, -0.1) is 0 Å². The second-order valence-electron chi connectivity index (χ2n) is 7.67. The molecule has 4 aromatic rings. The van der Waals surface area contributed by atoms with E-state index >= 15 is 0 Å². The van der Waals surface area contributed by atoms with Crippen LogP contribution in [0.25, 0.3) is 10.9 Å². The number of aromatic hydroxyl groups is 1. The molecule has 1 unspecified atom stereocenters. The topological polar surface area (TPSA) is 97.8 Å². The lowest BCUT2D eigenvalue weighted by Crippen LogP contribution is -2.46. The number of carbonyl (C=O) groups excluding carboxylic acids is 2. The number of hydrogen-bond donors (Lipinski definition) is 3. The van der Waals surface area contributed by atoms with Crippen LogP contribution in [0.15, 0.2) is 77.8 Å². The van der Waals surface area contributed by atoms with E-state index in [1.165, 1.54) is 23.1 Å². The molecular formula is C25H19FN4O3. The second-order valence-corrected chi connectivity index (χ2v) is 7.67. The van der Waals surface area contributed by atoms with Crippen LogP contribution >= 0.6 is 0 Å². The highest BCUT2D eigenvalue weighted by molar-refractivity contribution is 6.20. The van der Waals surface area contributed by atoms with Gasteiger partial charge in [-0.1, -0.05) is 36.4 Å². The first-order valence-corrected chi connectivity index (χ1v) is 10.3. The maximum absolute atomic E-state index is 14.7. The van der Waals surface area contributed by atoms with Crippen molar-refractivity contribution < 1.29 is 19.1 Å². The average Bonchev–Trinajstić information content (AvgIpc) is 3.24. The number of rotatable bonds is 3. The van der Waals surface area contributed by atoms with Gasteiger partial charge in [0.2, 0.25) is 6.17 Å². The maximum atomic E-state index is 14.7. The average molecular weight is 442 g/mol. The summed E-state index contributed by atoms with van der Waals surface area (Å²) in [6.45, 7) is 0. The van der Waals surface area contributed by atoms with Gasteiger partial charge in [0.25, 0.3) is 11.8 Å². The molecule has 0 radical (unpaired) electrons. The van der Waals surface area contributed by atoms with Crippen molar-refractivity contribution in [2.75, 3.05) is 11.9 Å². The lowest BCUT2D eigenvalue weighted by molar-refractivity contribution is -0.119. The van der Waals surface area contributed by atoms with E-state index in [0.717, 1.165) is 0 Å². The number of carbonyl (C=O) groups is 2. The number of halogens is 1. The standard InChI is InChI=1S/C25H19FN4O3/c1-30-20-11-5-3-8-15(20)22(14-7-2-4-9-17(14)26)28-23(25(30)33)29-24(32)19-13-16-18(27-19)10-6-12-21(16)31/h2-13,23,27,31H,1H3,(H,29,32). The molecule has 8 heteroatoms. The Morgan fingerprint density at radius 2 is 1.79 bits per heavy atom. The number of nitrogens with zero attached hydrogens (tertiary/aromatic N) is 2. The normalized spacial score (nSPS) is 15.7. The summed E-state index contributed by atoms with van der Waals surface area (Å²) in [7, 11) is 1.58. The van der Waals surface area contributed by atoms with Crippen molar-refractivity contribution in [1.29, 1.82) is 0 Å². The molecule has 0 saturated heterocycles. The maximum Gasteiger partial charge on any atom is 0.272 e. The minimum Gasteiger partial charge on any atom is -0.507 e. The number of aromatic amines is 1. The van der Waals surface area contributed by atoms with Crippen molar-refractivity contribution in [1.82, 2.24) is 10.3 Å². The number of phenols is 1. The van der Waals surface area contributed by atoms with E-state index in [2.05, 4.69) is 15.3 Å². The molecule has 3 N–H and O–H groups in total. The SMILES string of the molecule is CN1C(=O)C(NC(=O)c2cc3c(O)cccc3[nH]2)N=C(c2ccccc2F)c2ccccc21. The summed E-state index contributed by atoms with van der Waals surface area (Å²) in [5.41, 5.74) is 2.35. The van der Waals surface area contributed by atoms with Crippen molar-refractivity contribution in [3.05, 3.63) is 95.4 Å². The van der Waals surface area contributed by atoms with Crippen LogP contribution in [0.3, 0.4) is 0 Å². The number of phenolic OH excluding ortho intramolecular Hbond substituents is 1. The first-order chi connectivity index (χ1) is 15.9. The molecule has 1 aliphatic rings. The third-order valence-electron chi connectivity index (χ3n) is 5.63. The largest absolute Gasteiger partial charge is 0.507 e. The smallest absolute Gasteiger partial charge is 0.272 e. The molecule has 0 fully saturated rings. The number of anilines is 1. The Bertz CT molecular complexity index is 1440. The molecule has 7 nitrogen and oxygen atoms in total. The Labute approximate surface area is 188 Å². The minimum absolute atomic E-state index is 0.0309. The van der Waals surface area contributed by atoms with Gasteiger partial charge in [-0.3, -0.25) is 9.59 Å². The van der Waals surface area contributed by atoms with Gasteiger partial charge in [0, 0.05) is 29.1 Å². The molecule has 1 aliphatic heterocycles. The third kappa shape index (κ3) is 3.51. The Morgan fingerprint density at radius 3 is 2.55 bits per heavy atom. The fourth-order valence-electron chi connectivity index (χ4n) is 3.95. The highest BCUT2D eigenvalue weighted by Gasteiger charge is 2.32. The predicted octanol–water partition coefficient (Wildman–Crippen LogP) is 3.58. The number of para-hydroxylation sites is 1. The monoisotopic (exact) mass is 442 g/mol. The molecule has 0 bridgehead atoms. The van der Waals surface area contributed by atoms with E-state index in [1.54, 1.807) is 61.6 Å². The zero-order valence-electron chi connectivity index (χ0n) is 17.5. The van der Waals surface area contributed by atoms with Crippen LogP contribution in [0.2, 0.25) is 0 Å². The summed E-state index contributed by atoms with van der Waals surface area (Å²) in [5.74, 6) is -1.51. The molecule has 0 spiro atoms. The number of likely N-dealkylation sites (N-methyl/N-ethyl adjacent to an activating group) is 1. The van der Waals surface area contributed by atoms with Crippen LogP contribution < -0.4 is 10.2 Å². The van der Waals surface area contributed by atoms with Crippen LogP contribution in [0.1, 0.15) is 21.6 Å². The molecule has 2 heterocycles. The van der Waals surface area contributed by atoms with Gasteiger partial charge in [-0.05, 0) is 36.4 Å². The van der Waals surface area contributed by atoms with E-state index in [9.17, 15) is 19.1 Å². The summed E-state index contributed by atoms with van der Waals surface area (Å²) in [5, 5.41) is 13.1. The van der Waals surface area contributed by atoms with E-state index in [4.69, 9.17) is 0 Å². The van der Waals surface area contributed by atoms with E-state index in [-0.39, 0.29) is 22.7 Å². The van der Waals surface area contributed by atoms with Crippen LogP contribution in [0, 0.1) is 5.82 Å². The predicted molar refractivity (Wildman–Crippen MR) is 123 cm³/mol. The van der Waals surface area contributed by atoms with Crippen molar-refractivity contribution in [3.63, 3.8) is 0 Å². The van der Waals surface area contributed by atoms with Crippen LogP contribution in [0.4, 0.5) is 10.1 Å². The first-order valence-electron chi connectivity index (χ1n) is 10.3. The number of aliphatic imine (C=N–C) groups is 1. The molecule has 33 heavy (non-hydrogen) atoms. The molecule has 164 valence electrons. The lowest BCUT2D eigenvalue weighted by Gasteiger charge is -2.20. The van der Waals surface area contributed by atoms with Crippen LogP contribution in [-0.2, 0) is 4.79 Å². The number of aromatic nitrogens is 1. The zero-order valence-corrected chi connectivity index (χ0v) is 17.5. The molecule has 0 saturated carbocycles. The highest BCUT2D eigenvalue weighted by Crippen LogP contribution is 2.28. The number of benzene rings is 3. The lowest BCUT2D eigenvalue weighted by atomic mass is 10.00. The fraction of sp³-hybridized carbons (Fsp3) is 0.0800. The van der Waals surface area contributed by atoms with Gasteiger partial charge in [0.15, 0.2) is 0 Å². The van der Waals surface area contributed by atoms with Crippen molar-refractivity contribution >= 4 is 34.1 Å². The number of benzodiazepines with no additional fused rings is 1. The van der Waals surface area contributed by atoms with Crippen LogP contribution in [0.5, 0.6) is 5.75 Å². The molecule has 1 atom stereocenters. The number of nitrogens with one attached hydrogen (secondary N) is 2. The molecule has 0 aliphatic carbocycles. The minimum atomic E-state index is -1.29. The summed E-state index contributed by atoms with van der Waals surface area (Å²) in [4.78, 5) is 35.1. The summed E-state index contributed by atoms with van der Waals surface area (Å²) in [6, 6.07) is 19.6.